The van der Waals surface area contributed by atoms with Gasteiger partial charge in [-0.1, -0.05) is 6.07 Å². The highest BCUT2D eigenvalue weighted by molar-refractivity contribution is 5.77. The number of carbonyl (C=O) groups is 1. The van der Waals surface area contributed by atoms with Gasteiger partial charge in [-0.2, -0.15) is 0 Å². The van der Waals surface area contributed by atoms with Crippen molar-refractivity contribution in [3.63, 3.8) is 0 Å². The maximum absolute atomic E-state index is 13.4. The summed E-state index contributed by atoms with van der Waals surface area (Å²) < 4.78 is 37.2. The number of nitrogens with one attached hydrogen (secondary N) is 2. The molecule has 2 heterocycles. The van der Waals surface area contributed by atoms with Crippen LogP contribution < -0.4 is 10.6 Å². The summed E-state index contributed by atoms with van der Waals surface area (Å²) in [4.78, 5) is 11.9. The van der Waals surface area contributed by atoms with Gasteiger partial charge in [0.05, 0.1) is 25.5 Å². The molecular weight excluding hydrogens is 318 g/mol. The lowest BCUT2D eigenvalue weighted by molar-refractivity contribution is -0.120. The number of rotatable bonds is 6. The van der Waals surface area contributed by atoms with Crippen LogP contribution in [0.15, 0.2) is 41.0 Å². The van der Waals surface area contributed by atoms with E-state index in [1.807, 2.05) is 0 Å². The van der Waals surface area contributed by atoms with Gasteiger partial charge in [0.25, 0.3) is 0 Å². The molecule has 128 valence electrons. The lowest BCUT2D eigenvalue weighted by Crippen LogP contribution is -2.40. The van der Waals surface area contributed by atoms with E-state index in [-0.39, 0.29) is 18.5 Å². The first kappa shape index (κ1) is 16.6. The largest absolute Gasteiger partial charge is 0.467 e. The molecule has 1 fully saturated rings. The Kier molecular flexibility index (Phi) is 5.22. The van der Waals surface area contributed by atoms with Crippen molar-refractivity contribution in [1.29, 1.82) is 0 Å². The SMILES string of the molecule is O=C(CN[C@H]1CCO[C@H]1c1ccc(F)c(F)c1)NCc1ccco1. The second kappa shape index (κ2) is 7.55. The standard InChI is InChI=1S/C17H18F2N2O3/c18-13-4-3-11(8-14(13)19)17-15(5-7-24-17)20-10-16(22)21-9-12-2-1-6-23-12/h1-4,6,8,15,17,20H,5,7,9-10H2,(H,21,22)/t15-,17-/m0/s1. The van der Waals surface area contributed by atoms with Crippen molar-refractivity contribution < 1.29 is 22.7 Å². The summed E-state index contributed by atoms with van der Waals surface area (Å²) in [5.74, 6) is -1.30. The van der Waals surface area contributed by atoms with E-state index in [9.17, 15) is 13.6 Å². The maximum Gasteiger partial charge on any atom is 0.234 e. The lowest BCUT2D eigenvalue weighted by Gasteiger charge is -2.20. The predicted octanol–water partition coefficient (Wildman–Crippen LogP) is 2.29. The molecule has 1 aromatic heterocycles. The minimum atomic E-state index is -0.905. The molecule has 1 aliphatic rings. The molecule has 0 unspecified atom stereocenters. The van der Waals surface area contributed by atoms with Gasteiger partial charge in [-0.3, -0.25) is 4.79 Å². The number of hydrogen-bond acceptors (Lipinski definition) is 4. The first-order valence-electron chi connectivity index (χ1n) is 7.72. The summed E-state index contributed by atoms with van der Waals surface area (Å²) >= 11 is 0. The highest BCUT2D eigenvalue weighted by atomic mass is 19.2. The van der Waals surface area contributed by atoms with Crippen LogP contribution in [0.4, 0.5) is 8.78 Å². The fourth-order valence-corrected chi connectivity index (χ4v) is 2.70. The Balaban J connectivity index is 1.52. The van der Waals surface area contributed by atoms with Crippen molar-refractivity contribution >= 4 is 5.91 Å². The number of amides is 1. The van der Waals surface area contributed by atoms with Crippen LogP contribution in [0.1, 0.15) is 23.8 Å². The van der Waals surface area contributed by atoms with Crippen molar-refractivity contribution in [2.75, 3.05) is 13.2 Å². The van der Waals surface area contributed by atoms with Crippen LogP contribution in [-0.2, 0) is 16.1 Å². The average Bonchev–Trinajstić information content (AvgIpc) is 3.25. The van der Waals surface area contributed by atoms with Gasteiger partial charge in [0.1, 0.15) is 5.76 Å². The van der Waals surface area contributed by atoms with Crippen molar-refractivity contribution in [2.24, 2.45) is 0 Å². The van der Waals surface area contributed by atoms with E-state index in [2.05, 4.69) is 10.6 Å². The number of carbonyl (C=O) groups excluding carboxylic acids is 1. The monoisotopic (exact) mass is 336 g/mol. The lowest BCUT2D eigenvalue weighted by atomic mass is 10.0. The minimum Gasteiger partial charge on any atom is -0.467 e. The Morgan fingerprint density at radius 2 is 2.12 bits per heavy atom. The Morgan fingerprint density at radius 3 is 2.88 bits per heavy atom. The fraction of sp³-hybridized carbons (Fsp3) is 0.353. The van der Waals surface area contributed by atoms with Gasteiger partial charge in [0.15, 0.2) is 11.6 Å². The van der Waals surface area contributed by atoms with Crippen LogP contribution in [0.2, 0.25) is 0 Å². The van der Waals surface area contributed by atoms with E-state index in [4.69, 9.17) is 9.15 Å². The number of furan rings is 1. The van der Waals surface area contributed by atoms with E-state index < -0.39 is 17.7 Å². The molecule has 1 saturated heterocycles. The number of benzene rings is 1. The highest BCUT2D eigenvalue weighted by Crippen LogP contribution is 2.29. The van der Waals surface area contributed by atoms with E-state index in [1.165, 1.54) is 6.07 Å². The third-order valence-electron chi connectivity index (χ3n) is 3.93. The quantitative estimate of drug-likeness (QED) is 0.850. The first-order valence-corrected chi connectivity index (χ1v) is 7.72. The third kappa shape index (κ3) is 3.98. The first-order chi connectivity index (χ1) is 11.6. The zero-order valence-electron chi connectivity index (χ0n) is 12.9. The molecular formula is C17H18F2N2O3. The molecule has 7 heteroatoms. The van der Waals surface area contributed by atoms with Gasteiger partial charge in [0.2, 0.25) is 5.91 Å². The van der Waals surface area contributed by atoms with Gasteiger partial charge in [-0.05, 0) is 36.2 Å². The predicted molar refractivity (Wildman–Crippen MR) is 82.0 cm³/mol. The van der Waals surface area contributed by atoms with Crippen LogP contribution in [0.3, 0.4) is 0 Å². The summed E-state index contributed by atoms with van der Waals surface area (Å²) in [7, 11) is 0. The second-order valence-corrected chi connectivity index (χ2v) is 5.60. The summed E-state index contributed by atoms with van der Waals surface area (Å²) in [6, 6.07) is 7.11. The molecule has 2 aromatic rings. The molecule has 2 N–H and O–H groups in total. The molecule has 0 aliphatic carbocycles. The Bertz CT molecular complexity index is 691. The topological polar surface area (TPSA) is 63.5 Å². The number of ether oxygens (including phenoxy) is 1. The molecule has 5 nitrogen and oxygen atoms in total. The van der Waals surface area contributed by atoms with Gasteiger partial charge in [-0.25, -0.2) is 8.78 Å². The highest BCUT2D eigenvalue weighted by Gasteiger charge is 2.30. The van der Waals surface area contributed by atoms with Crippen LogP contribution in [-0.4, -0.2) is 25.1 Å². The van der Waals surface area contributed by atoms with Crippen molar-refractivity contribution in [3.05, 3.63) is 59.6 Å². The molecule has 2 atom stereocenters. The molecule has 1 aromatic carbocycles. The van der Waals surface area contributed by atoms with Gasteiger partial charge in [0, 0.05) is 12.6 Å². The third-order valence-corrected chi connectivity index (χ3v) is 3.93. The van der Waals surface area contributed by atoms with E-state index >= 15 is 0 Å². The Morgan fingerprint density at radius 1 is 1.25 bits per heavy atom. The van der Waals surface area contributed by atoms with E-state index in [0.29, 0.717) is 30.9 Å². The van der Waals surface area contributed by atoms with Gasteiger partial charge in [-0.15, -0.1) is 0 Å². The Labute approximate surface area is 138 Å². The van der Waals surface area contributed by atoms with Crippen LogP contribution in [0.5, 0.6) is 0 Å². The molecule has 0 radical (unpaired) electrons. The fourth-order valence-electron chi connectivity index (χ4n) is 2.70. The number of halogens is 2. The van der Waals surface area contributed by atoms with Crippen molar-refractivity contribution in [1.82, 2.24) is 10.6 Å². The molecule has 24 heavy (non-hydrogen) atoms. The molecule has 1 aliphatic heterocycles. The molecule has 3 rings (SSSR count). The maximum atomic E-state index is 13.4. The van der Waals surface area contributed by atoms with Crippen LogP contribution >= 0.6 is 0 Å². The summed E-state index contributed by atoms with van der Waals surface area (Å²) in [6.07, 6.45) is 1.83. The summed E-state index contributed by atoms with van der Waals surface area (Å²) in [5, 5.41) is 5.84. The zero-order valence-corrected chi connectivity index (χ0v) is 12.9. The number of hydrogen-bond donors (Lipinski definition) is 2. The molecule has 0 saturated carbocycles. The van der Waals surface area contributed by atoms with Gasteiger partial charge >= 0.3 is 0 Å². The van der Waals surface area contributed by atoms with Crippen LogP contribution in [0, 0.1) is 11.6 Å². The molecule has 0 spiro atoms. The van der Waals surface area contributed by atoms with E-state index in [1.54, 1.807) is 18.4 Å². The zero-order chi connectivity index (χ0) is 16.9. The van der Waals surface area contributed by atoms with Crippen LogP contribution in [0.25, 0.3) is 0 Å². The summed E-state index contributed by atoms with van der Waals surface area (Å²) in [5.41, 5.74) is 0.555. The van der Waals surface area contributed by atoms with Gasteiger partial charge < -0.3 is 19.8 Å². The summed E-state index contributed by atoms with van der Waals surface area (Å²) in [6.45, 7) is 0.922. The van der Waals surface area contributed by atoms with E-state index in [0.717, 1.165) is 12.1 Å². The van der Waals surface area contributed by atoms with Crippen molar-refractivity contribution in [3.8, 4) is 0 Å². The molecule has 1 amide bonds. The normalized spacial score (nSPS) is 20.2. The second-order valence-electron chi connectivity index (χ2n) is 5.60. The average molecular weight is 336 g/mol. The molecule has 0 bridgehead atoms. The van der Waals surface area contributed by atoms with Crippen molar-refractivity contribution in [2.45, 2.75) is 25.1 Å². The smallest absolute Gasteiger partial charge is 0.234 e. The Hall–Kier alpha value is -2.25. The minimum absolute atomic E-state index is 0.106.